The molecule has 1 aromatic carbocycles. The van der Waals surface area contributed by atoms with Crippen molar-refractivity contribution in [1.29, 1.82) is 0 Å². The second-order valence-corrected chi connectivity index (χ2v) is 7.06. The van der Waals surface area contributed by atoms with E-state index in [4.69, 9.17) is 5.73 Å². The van der Waals surface area contributed by atoms with Crippen molar-refractivity contribution in [1.82, 2.24) is 4.57 Å². The van der Waals surface area contributed by atoms with E-state index in [9.17, 15) is 4.39 Å². The summed E-state index contributed by atoms with van der Waals surface area (Å²) in [6.07, 6.45) is 1.96. The number of hydrogen-bond donors (Lipinski definition) is 1. The summed E-state index contributed by atoms with van der Waals surface area (Å²) < 4.78 is 16.1. The molecule has 0 radical (unpaired) electrons. The summed E-state index contributed by atoms with van der Waals surface area (Å²) in [5.41, 5.74) is 11.7. The van der Waals surface area contributed by atoms with Gasteiger partial charge in [-0.05, 0) is 55.9 Å². The number of nitrogens with zero attached hydrogens (tertiary/aromatic N) is 1. The van der Waals surface area contributed by atoms with Gasteiger partial charge in [-0.15, -0.1) is 0 Å². The van der Waals surface area contributed by atoms with Gasteiger partial charge in [0.25, 0.3) is 0 Å². The second kappa shape index (κ2) is 4.70. The molecule has 0 bridgehead atoms. The van der Waals surface area contributed by atoms with E-state index in [1.165, 1.54) is 17.3 Å². The highest BCUT2D eigenvalue weighted by Gasteiger charge is 2.33. The fourth-order valence-corrected chi connectivity index (χ4v) is 3.62. The number of hydrogen-bond acceptors (Lipinski definition) is 1. The molecule has 2 aromatic rings. The maximum Gasteiger partial charge on any atom is 0.128 e. The Morgan fingerprint density at radius 1 is 1.29 bits per heavy atom. The Bertz CT molecular complexity index is 697. The molecule has 2 N–H and O–H groups in total. The minimum absolute atomic E-state index is 0.0672. The summed E-state index contributed by atoms with van der Waals surface area (Å²) in [5, 5.41) is 0. The van der Waals surface area contributed by atoms with Crippen molar-refractivity contribution in [3.05, 3.63) is 52.6 Å². The van der Waals surface area contributed by atoms with E-state index in [0.29, 0.717) is 5.56 Å². The molecule has 0 saturated heterocycles. The molecule has 0 fully saturated rings. The van der Waals surface area contributed by atoms with E-state index in [0.717, 1.165) is 24.2 Å². The molecule has 0 saturated carbocycles. The van der Waals surface area contributed by atoms with Gasteiger partial charge in [-0.3, -0.25) is 0 Å². The highest BCUT2D eigenvalue weighted by atomic mass is 19.1. The summed E-state index contributed by atoms with van der Waals surface area (Å²) in [4.78, 5) is 0. The highest BCUT2D eigenvalue weighted by molar-refractivity contribution is 5.48. The average molecular weight is 286 g/mol. The van der Waals surface area contributed by atoms with Gasteiger partial charge >= 0.3 is 0 Å². The number of nitrogens with two attached hydrogens (primary N) is 1. The lowest BCUT2D eigenvalue weighted by atomic mass is 9.74. The first-order valence-electron chi connectivity index (χ1n) is 7.52. The number of fused-ring (bicyclic) bond motifs is 1. The summed E-state index contributed by atoms with van der Waals surface area (Å²) in [7, 11) is 0. The molecule has 1 aliphatic rings. The monoisotopic (exact) mass is 286 g/mol. The molecule has 1 heterocycles. The van der Waals surface area contributed by atoms with Gasteiger partial charge in [0.05, 0.1) is 5.69 Å². The van der Waals surface area contributed by atoms with Gasteiger partial charge in [-0.25, -0.2) is 4.39 Å². The van der Waals surface area contributed by atoms with Crippen LogP contribution in [0, 0.1) is 25.1 Å². The molecule has 1 aliphatic carbocycles. The standard InChI is InChI=1S/C18H23FN2/c1-11-8-13-15(20)9-18(3,4)10-17(13)21(11)16-7-5-6-14(19)12(16)2/h5-8,15H,9-10,20H2,1-4H3. The smallest absolute Gasteiger partial charge is 0.128 e. The Morgan fingerprint density at radius 3 is 2.71 bits per heavy atom. The van der Waals surface area contributed by atoms with Crippen molar-refractivity contribution >= 4 is 0 Å². The van der Waals surface area contributed by atoms with Crippen molar-refractivity contribution in [2.45, 2.75) is 46.6 Å². The summed E-state index contributed by atoms with van der Waals surface area (Å²) >= 11 is 0. The molecule has 3 rings (SSSR count). The molecular weight excluding hydrogens is 263 g/mol. The third-order valence-electron chi connectivity index (χ3n) is 4.62. The fourth-order valence-electron chi connectivity index (χ4n) is 3.62. The van der Waals surface area contributed by atoms with Crippen LogP contribution in [0.5, 0.6) is 0 Å². The molecule has 2 nitrogen and oxygen atoms in total. The maximum absolute atomic E-state index is 13.9. The van der Waals surface area contributed by atoms with Crippen LogP contribution < -0.4 is 5.73 Å². The van der Waals surface area contributed by atoms with Gasteiger partial charge in [0, 0.05) is 23.0 Å². The van der Waals surface area contributed by atoms with Crippen molar-refractivity contribution in [2.24, 2.45) is 11.1 Å². The van der Waals surface area contributed by atoms with Crippen molar-refractivity contribution in [3.63, 3.8) is 0 Å². The zero-order chi connectivity index (χ0) is 15.4. The van der Waals surface area contributed by atoms with Crippen LogP contribution in [-0.4, -0.2) is 4.57 Å². The summed E-state index contributed by atoms with van der Waals surface area (Å²) in [6.45, 7) is 8.41. The normalized spacial score (nSPS) is 20.4. The van der Waals surface area contributed by atoms with Gasteiger partial charge in [-0.2, -0.15) is 0 Å². The van der Waals surface area contributed by atoms with E-state index in [-0.39, 0.29) is 17.3 Å². The lowest BCUT2D eigenvalue weighted by Crippen LogP contribution is -2.30. The van der Waals surface area contributed by atoms with Gasteiger partial charge in [-0.1, -0.05) is 19.9 Å². The molecule has 1 unspecified atom stereocenters. The van der Waals surface area contributed by atoms with Crippen LogP contribution in [-0.2, 0) is 6.42 Å². The average Bonchev–Trinajstić information content (AvgIpc) is 2.69. The number of aromatic nitrogens is 1. The summed E-state index contributed by atoms with van der Waals surface area (Å²) in [6, 6.07) is 7.51. The van der Waals surface area contributed by atoms with Crippen molar-refractivity contribution < 1.29 is 4.39 Å². The molecule has 1 atom stereocenters. The number of halogens is 1. The van der Waals surface area contributed by atoms with E-state index in [1.807, 2.05) is 13.0 Å². The third kappa shape index (κ3) is 2.30. The van der Waals surface area contributed by atoms with E-state index >= 15 is 0 Å². The second-order valence-electron chi connectivity index (χ2n) is 7.06. The lowest BCUT2D eigenvalue weighted by molar-refractivity contribution is 0.278. The molecular formula is C18H23FN2. The van der Waals surface area contributed by atoms with Crippen LogP contribution in [0.1, 0.15) is 48.8 Å². The van der Waals surface area contributed by atoms with Crippen LogP contribution in [0.15, 0.2) is 24.3 Å². The highest BCUT2D eigenvalue weighted by Crippen LogP contribution is 2.42. The van der Waals surface area contributed by atoms with Crippen LogP contribution in [0.2, 0.25) is 0 Å². The number of benzene rings is 1. The van der Waals surface area contributed by atoms with Gasteiger partial charge in [0.2, 0.25) is 0 Å². The first-order valence-corrected chi connectivity index (χ1v) is 7.52. The van der Waals surface area contributed by atoms with Crippen LogP contribution in [0.4, 0.5) is 4.39 Å². The predicted octanol–water partition coefficient (Wildman–Crippen LogP) is 4.21. The minimum Gasteiger partial charge on any atom is -0.324 e. The predicted molar refractivity (Wildman–Crippen MR) is 84.2 cm³/mol. The van der Waals surface area contributed by atoms with Gasteiger partial charge < -0.3 is 10.3 Å². The summed E-state index contributed by atoms with van der Waals surface area (Å²) in [5.74, 6) is -0.159. The van der Waals surface area contributed by atoms with Crippen LogP contribution in [0.3, 0.4) is 0 Å². The largest absolute Gasteiger partial charge is 0.324 e. The van der Waals surface area contributed by atoms with E-state index < -0.39 is 0 Å². The maximum atomic E-state index is 13.9. The first kappa shape index (κ1) is 14.3. The topological polar surface area (TPSA) is 30.9 Å². The Kier molecular flexibility index (Phi) is 3.21. The minimum atomic E-state index is -0.159. The zero-order valence-corrected chi connectivity index (χ0v) is 13.2. The molecule has 112 valence electrons. The van der Waals surface area contributed by atoms with E-state index in [1.54, 1.807) is 6.07 Å². The Balaban J connectivity index is 2.24. The zero-order valence-electron chi connectivity index (χ0n) is 13.2. The van der Waals surface area contributed by atoms with Crippen molar-refractivity contribution in [2.75, 3.05) is 0 Å². The Hall–Kier alpha value is -1.61. The molecule has 0 amide bonds. The van der Waals surface area contributed by atoms with Crippen molar-refractivity contribution in [3.8, 4) is 5.69 Å². The van der Waals surface area contributed by atoms with Gasteiger partial charge in [0.15, 0.2) is 0 Å². The fraction of sp³-hybridized carbons (Fsp3) is 0.444. The van der Waals surface area contributed by atoms with Crippen LogP contribution in [0.25, 0.3) is 5.69 Å². The molecule has 0 spiro atoms. The lowest BCUT2D eigenvalue weighted by Gasteiger charge is -2.34. The van der Waals surface area contributed by atoms with Gasteiger partial charge in [0.1, 0.15) is 5.82 Å². The molecule has 3 heteroatoms. The number of aryl methyl sites for hydroxylation is 1. The first-order chi connectivity index (χ1) is 9.80. The SMILES string of the molecule is Cc1c(F)cccc1-n1c(C)cc2c1CC(C)(C)CC2N. The Labute approximate surface area is 125 Å². The molecule has 21 heavy (non-hydrogen) atoms. The molecule has 1 aromatic heterocycles. The van der Waals surface area contributed by atoms with E-state index in [2.05, 4.69) is 31.4 Å². The number of rotatable bonds is 1. The quantitative estimate of drug-likeness (QED) is 0.836. The Morgan fingerprint density at radius 2 is 2.00 bits per heavy atom. The third-order valence-corrected chi connectivity index (χ3v) is 4.62. The molecule has 0 aliphatic heterocycles. The van der Waals surface area contributed by atoms with Crippen LogP contribution >= 0.6 is 0 Å².